The highest BCUT2D eigenvalue weighted by Crippen LogP contribution is 2.36. The Hall–Kier alpha value is -0.120. The van der Waals surface area contributed by atoms with E-state index in [1.54, 1.807) is 0 Å². The summed E-state index contributed by atoms with van der Waals surface area (Å²) in [4.78, 5) is 5.18. The number of likely N-dealkylation sites (N-methyl/N-ethyl adjacent to an activating group) is 1. The summed E-state index contributed by atoms with van der Waals surface area (Å²) in [6, 6.07) is 0.726. The maximum Gasteiger partial charge on any atom is 0.0625 e. The van der Waals surface area contributed by atoms with Crippen molar-refractivity contribution < 1.29 is 4.74 Å². The molecule has 0 aromatic heterocycles. The normalized spacial score (nSPS) is 27.6. The Labute approximate surface area is 99.7 Å². The standard InChI is InChI=1S/C13H26N2O/c1-3-14(4-2)7-8-15-9-10-16-11-13(15)12-5-6-12/h12-13H,3-11H2,1-2H3/t13-/m1/s1. The second-order valence-electron chi connectivity index (χ2n) is 5.04. The van der Waals surface area contributed by atoms with Gasteiger partial charge in [0.15, 0.2) is 0 Å². The molecule has 0 amide bonds. The Bertz CT molecular complexity index is 202. The highest BCUT2D eigenvalue weighted by Gasteiger charge is 2.36. The molecule has 0 radical (unpaired) electrons. The molecule has 1 saturated heterocycles. The Kier molecular flexibility index (Phi) is 4.62. The number of rotatable bonds is 6. The summed E-state index contributed by atoms with van der Waals surface area (Å²) < 4.78 is 5.62. The van der Waals surface area contributed by atoms with Crippen LogP contribution in [0.1, 0.15) is 26.7 Å². The van der Waals surface area contributed by atoms with Crippen molar-refractivity contribution in [1.29, 1.82) is 0 Å². The van der Waals surface area contributed by atoms with Crippen molar-refractivity contribution >= 4 is 0 Å². The molecule has 1 atom stereocenters. The Morgan fingerprint density at radius 1 is 1.25 bits per heavy atom. The Balaban J connectivity index is 1.76. The van der Waals surface area contributed by atoms with E-state index in [9.17, 15) is 0 Å². The summed E-state index contributed by atoms with van der Waals surface area (Å²) in [7, 11) is 0. The zero-order valence-corrected chi connectivity index (χ0v) is 10.8. The largest absolute Gasteiger partial charge is 0.378 e. The highest BCUT2D eigenvalue weighted by molar-refractivity contribution is 4.90. The smallest absolute Gasteiger partial charge is 0.0625 e. The van der Waals surface area contributed by atoms with Gasteiger partial charge in [0.1, 0.15) is 0 Å². The summed E-state index contributed by atoms with van der Waals surface area (Å²) in [5, 5.41) is 0. The lowest BCUT2D eigenvalue weighted by atomic mass is 10.1. The van der Waals surface area contributed by atoms with Gasteiger partial charge in [-0.15, -0.1) is 0 Å². The molecule has 1 aliphatic heterocycles. The minimum atomic E-state index is 0.726. The third kappa shape index (κ3) is 3.19. The van der Waals surface area contributed by atoms with Gasteiger partial charge in [-0.05, 0) is 31.8 Å². The van der Waals surface area contributed by atoms with Crippen LogP contribution in [0, 0.1) is 5.92 Å². The van der Waals surface area contributed by atoms with Crippen molar-refractivity contribution in [2.45, 2.75) is 32.7 Å². The quantitative estimate of drug-likeness (QED) is 0.681. The zero-order chi connectivity index (χ0) is 11.4. The minimum absolute atomic E-state index is 0.726. The summed E-state index contributed by atoms with van der Waals surface area (Å²) >= 11 is 0. The van der Waals surface area contributed by atoms with Crippen molar-refractivity contribution in [2.75, 3.05) is 45.9 Å². The fraction of sp³-hybridized carbons (Fsp3) is 1.00. The van der Waals surface area contributed by atoms with Gasteiger partial charge in [-0.2, -0.15) is 0 Å². The van der Waals surface area contributed by atoms with Crippen LogP contribution in [0.2, 0.25) is 0 Å². The van der Waals surface area contributed by atoms with Gasteiger partial charge >= 0.3 is 0 Å². The molecule has 3 heteroatoms. The second-order valence-corrected chi connectivity index (χ2v) is 5.04. The average Bonchev–Trinajstić information content (AvgIpc) is 3.15. The zero-order valence-electron chi connectivity index (χ0n) is 10.8. The molecular weight excluding hydrogens is 200 g/mol. The van der Waals surface area contributed by atoms with E-state index in [1.807, 2.05) is 0 Å². The van der Waals surface area contributed by atoms with E-state index < -0.39 is 0 Å². The lowest BCUT2D eigenvalue weighted by molar-refractivity contribution is -0.0186. The maximum atomic E-state index is 5.62. The number of morpholine rings is 1. The highest BCUT2D eigenvalue weighted by atomic mass is 16.5. The van der Waals surface area contributed by atoms with E-state index in [4.69, 9.17) is 4.74 Å². The first-order valence-electron chi connectivity index (χ1n) is 6.89. The van der Waals surface area contributed by atoms with Crippen molar-refractivity contribution in [3.63, 3.8) is 0 Å². The predicted octanol–water partition coefficient (Wildman–Crippen LogP) is 1.44. The molecule has 0 aromatic rings. The molecule has 0 aromatic carbocycles. The van der Waals surface area contributed by atoms with Gasteiger partial charge in [0.05, 0.1) is 13.2 Å². The van der Waals surface area contributed by atoms with Crippen LogP contribution in [-0.4, -0.2) is 61.8 Å². The second kappa shape index (κ2) is 5.99. The van der Waals surface area contributed by atoms with E-state index in [-0.39, 0.29) is 0 Å². The Morgan fingerprint density at radius 2 is 2.00 bits per heavy atom. The minimum Gasteiger partial charge on any atom is -0.378 e. The summed E-state index contributed by atoms with van der Waals surface area (Å²) in [6.45, 7) is 12.3. The SMILES string of the molecule is CCN(CC)CCN1CCOC[C@@H]1C1CC1. The van der Waals surface area contributed by atoms with E-state index in [2.05, 4.69) is 23.6 Å². The van der Waals surface area contributed by atoms with Gasteiger partial charge < -0.3 is 9.64 Å². The van der Waals surface area contributed by atoms with Gasteiger partial charge in [0.2, 0.25) is 0 Å². The predicted molar refractivity (Wildman–Crippen MR) is 66.7 cm³/mol. The molecule has 1 heterocycles. The monoisotopic (exact) mass is 226 g/mol. The van der Waals surface area contributed by atoms with Crippen LogP contribution in [0.25, 0.3) is 0 Å². The van der Waals surface area contributed by atoms with Gasteiger partial charge in [-0.25, -0.2) is 0 Å². The van der Waals surface area contributed by atoms with Crippen molar-refractivity contribution in [2.24, 2.45) is 5.92 Å². The number of nitrogens with zero attached hydrogens (tertiary/aromatic N) is 2. The lowest BCUT2D eigenvalue weighted by Gasteiger charge is -2.37. The molecular formula is C13H26N2O. The van der Waals surface area contributed by atoms with Crippen molar-refractivity contribution in [3.05, 3.63) is 0 Å². The molecule has 2 rings (SSSR count). The fourth-order valence-corrected chi connectivity index (χ4v) is 2.66. The van der Waals surface area contributed by atoms with Crippen LogP contribution >= 0.6 is 0 Å². The van der Waals surface area contributed by atoms with Crippen LogP contribution in [0.4, 0.5) is 0 Å². The molecule has 94 valence electrons. The first-order chi connectivity index (χ1) is 7.85. The molecule has 1 aliphatic carbocycles. The number of ether oxygens (including phenoxy) is 1. The molecule has 3 nitrogen and oxygen atoms in total. The lowest BCUT2D eigenvalue weighted by Crippen LogP contribution is -2.49. The molecule has 16 heavy (non-hydrogen) atoms. The molecule has 1 saturated carbocycles. The molecule has 0 unspecified atom stereocenters. The van der Waals surface area contributed by atoms with Crippen LogP contribution in [0.15, 0.2) is 0 Å². The third-order valence-electron chi connectivity index (χ3n) is 4.04. The van der Waals surface area contributed by atoms with Gasteiger partial charge in [0, 0.05) is 25.7 Å². The topological polar surface area (TPSA) is 15.7 Å². The third-order valence-corrected chi connectivity index (χ3v) is 4.04. The molecule has 0 spiro atoms. The summed E-state index contributed by atoms with van der Waals surface area (Å²) in [5.74, 6) is 0.942. The van der Waals surface area contributed by atoms with Crippen molar-refractivity contribution in [1.82, 2.24) is 9.80 Å². The summed E-state index contributed by atoms with van der Waals surface area (Å²) in [6.07, 6.45) is 2.85. The first kappa shape index (κ1) is 12.3. The van der Waals surface area contributed by atoms with Crippen LogP contribution in [0.3, 0.4) is 0 Å². The summed E-state index contributed by atoms with van der Waals surface area (Å²) in [5.41, 5.74) is 0. The molecule has 0 N–H and O–H groups in total. The van der Waals surface area contributed by atoms with E-state index >= 15 is 0 Å². The number of hydrogen-bond acceptors (Lipinski definition) is 3. The fourth-order valence-electron chi connectivity index (χ4n) is 2.66. The maximum absolute atomic E-state index is 5.62. The van der Waals surface area contributed by atoms with Gasteiger partial charge in [-0.3, -0.25) is 4.90 Å². The molecule has 0 bridgehead atoms. The van der Waals surface area contributed by atoms with Crippen LogP contribution in [0.5, 0.6) is 0 Å². The van der Waals surface area contributed by atoms with E-state index in [0.29, 0.717) is 0 Å². The van der Waals surface area contributed by atoms with Gasteiger partial charge in [0.25, 0.3) is 0 Å². The Morgan fingerprint density at radius 3 is 2.62 bits per heavy atom. The molecule has 2 aliphatic rings. The van der Waals surface area contributed by atoms with Crippen LogP contribution in [-0.2, 0) is 4.74 Å². The van der Waals surface area contributed by atoms with E-state index in [0.717, 1.165) is 31.7 Å². The number of hydrogen-bond donors (Lipinski definition) is 0. The average molecular weight is 226 g/mol. The first-order valence-corrected chi connectivity index (χ1v) is 6.89. The van der Waals surface area contributed by atoms with Crippen LogP contribution < -0.4 is 0 Å². The van der Waals surface area contributed by atoms with Gasteiger partial charge in [-0.1, -0.05) is 13.8 Å². The molecule has 2 fully saturated rings. The van der Waals surface area contributed by atoms with E-state index in [1.165, 1.54) is 39.0 Å². The van der Waals surface area contributed by atoms with Crippen molar-refractivity contribution in [3.8, 4) is 0 Å².